The van der Waals surface area contributed by atoms with E-state index in [1.54, 1.807) is 24.3 Å². The van der Waals surface area contributed by atoms with E-state index in [1.807, 2.05) is 0 Å². The van der Waals surface area contributed by atoms with Crippen LogP contribution in [0.25, 0.3) is 0 Å². The molecule has 1 aliphatic rings. The molecule has 0 aliphatic carbocycles. The van der Waals surface area contributed by atoms with E-state index in [2.05, 4.69) is 10.5 Å². The maximum Gasteiger partial charge on any atom is 0.284 e. The number of para-hydroxylation sites is 2. The predicted octanol–water partition coefficient (Wildman–Crippen LogP) is 1.59. The molecule has 0 saturated carbocycles. The number of hydrazone groups is 1. The Balaban J connectivity index is 1.66. The van der Waals surface area contributed by atoms with Gasteiger partial charge in [0.05, 0.1) is 16.7 Å². The molecule has 9 heteroatoms. The summed E-state index contributed by atoms with van der Waals surface area (Å²) in [4.78, 5) is 22.4. The van der Waals surface area contributed by atoms with Gasteiger partial charge in [-0.25, -0.2) is 5.43 Å². The second kappa shape index (κ2) is 6.87. The van der Waals surface area contributed by atoms with Gasteiger partial charge in [0, 0.05) is 6.07 Å². The zero-order chi connectivity index (χ0) is 17.8. The van der Waals surface area contributed by atoms with Gasteiger partial charge in [0.25, 0.3) is 11.6 Å². The van der Waals surface area contributed by atoms with Gasteiger partial charge in [0.2, 0.25) is 6.10 Å². The Hall–Kier alpha value is -3.62. The Morgan fingerprint density at radius 3 is 2.84 bits per heavy atom. The summed E-state index contributed by atoms with van der Waals surface area (Å²) >= 11 is 0. The van der Waals surface area contributed by atoms with E-state index in [4.69, 9.17) is 9.47 Å². The van der Waals surface area contributed by atoms with Crippen LogP contribution in [-0.4, -0.2) is 34.9 Å². The third-order valence-corrected chi connectivity index (χ3v) is 3.39. The van der Waals surface area contributed by atoms with Crippen LogP contribution in [0.4, 0.5) is 5.69 Å². The molecular weight excluding hydrogens is 330 g/mol. The van der Waals surface area contributed by atoms with Crippen molar-refractivity contribution in [2.45, 2.75) is 6.10 Å². The maximum absolute atomic E-state index is 12.1. The fraction of sp³-hybridized carbons (Fsp3) is 0.125. The number of benzene rings is 2. The number of fused-ring (bicyclic) bond motifs is 1. The number of phenolic OH excluding ortho intramolecular Hbond substituents is 1. The number of carbonyl (C=O) groups is 1. The lowest BCUT2D eigenvalue weighted by Crippen LogP contribution is -2.42. The number of hydrogen-bond acceptors (Lipinski definition) is 7. The Morgan fingerprint density at radius 1 is 1.32 bits per heavy atom. The number of carbonyl (C=O) groups excluding carboxylic acids is 1. The van der Waals surface area contributed by atoms with Crippen molar-refractivity contribution in [1.29, 1.82) is 0 Å². The number of ether oxygens (including phenoxy) is 2. The normalized spacial score (nSPS) is 15.8. The third kappa shape index (κ3) is 3.66. The molecule has 1 atom stereocenters. The van der Waals surface area contributed by atoms with Gasteiger partial charge in [-0.05, 0) is 24.3 Å². The Bertz CT molecular complexity index is 852. The van der Waals surface area contributed by atoms with Crippen LogP contribution in [0.15, 0.2) is 47.6 Å². The van der Waals surface area contributed by atoms with Crippen LogP contribution in [0.3, 0.4) is 0 Å². The van der Waals surface area contributed by atoms with Crippen molar-refractivity contribution < 1.29 is 24.3 Å². The van der Waals surface area contributed by atoms with E-state index in [9.17, 15) is 20.0 Å². The van der Waals surface area contributed by atoms with Gasteiger partial charge >= 0.3 is 0 Å². The van der Waals surface area contributed by atoms with Crippen molar-refractivity contribution in [3.63, 3.8) is 0 Å². The minimum atomic E-state index is -0.897. The standard InChI is InChI=1S/C16H13N3O6/c20-11-5-6-12(19(22)23)10(7-11)8-17-18-16(21)15-9-24-13-3-1-2-4-14(13)25-15/h1-8,15,20H,9H2,(H,18,21)/b17-8-/t15-/m0/s1. The zero-order valence-electron chi connectivity index (χ0n) is 12.8. The van der Waals surface area contributed by atoms with E-state index in [1.165, 1.54) is 12.1 Å². The monoisotopic (exact) mass is 343 g/mol. The fourth-order valence-corrected chi connectivity index (χ4v) is 2.20. The van der Waals surface area contributed by atoms with Crippen molar-refractivity contribution in [2.24, 2.45) is 5.10 Å². The summed E-state index contributed by atoms with van der Waals surface area (Å²) in [6.07, 6.45) is 0.180. The molecule has 0 bridgehead atoms. The molecule has 1 heterocycles. The highest BCUT2D eigenvalue weighted by atomic mass is 16.6. The van der Waals surface area contributed by atoms with Crippen molar-refractivity contribution in [3.8, 4) is 17.2 Å². The minimum Gasteiger partial charge on any atom is -0.508 e. The van der Waals surface area contributed by atoms with E-state index in [0.29, 0.717) is 11.5 Å². The summed E-state index contributed by atoms with van der Waals surface area (Å²) in [5.74, 6) is 0.277. The molecule has 0 fully saturated rings. The summed E-state index contributed by atoms with van der Waals surface area (Å²) in [5.41, 5.74) is 2.04. The minimum absolute atomic E-state index is 0.0185. The molecule has 25 heavy (non-hydrogen) atoms. The van der Waals surface area contributed by atoms with Gasteiger partial charge in [0.1, 0.15) is 12.4 Å². The van der Waals surface area contributed by atoms with Gasteiger partial charge in [0.15, 0.2) is 11.5 Å². The lowest BCUT2D eigenvalue weighted by molar-refractivity contribution is -0.385. The number of nitrogens with zero attached hydrogens (tertiary/aromatic N) is 2. The van der Waals surface area contributed by atoms with E-state index in [-0.39, 0.29) is 23.6 Å². The number of rotatable bonds is 4. The number of amides is 1. The summed E-state index contributed by atoms with van der Waals surface area (Å²) < 4.78 is 10.9. The summed E-state index contributed by atoms with van der Waals surface area (Å²) in [7, 11) is 0. The molecule has 3 rings (SSSR count). The number of nitro benzene ring substituents is 1. The maximum atomic E-state index is 12.1. The smallest absolute Gasteiger partial charge is 0.284 e. The molecule has 0 spiro atoms. The number of hydrogen-bond donors (Lipinski definition) is 2. The van der Waals surface area contributed by atoms with Gasteiger partial charge in [-0.2, -0.15) is 5.10 Å². The number of aromatic hydroxyl groups is 1. The van der Waals surface area contributed by atoms with Crippen LogP contribution < -0.4 is 14.9 Å². The lowest BCUT2D eigenvalue weighted by atomic mass is 10.2. The first-order valence-electron chi connectivity index (χ1n) is 7.23. The summed E-state index contributed by atoms with van der Waals surface area (Å²) in [6.45, 7) is 0.0185. The molecule has 1 aliphatic heterocycles. The van der Waals surface area contributed by atoms with E-state index in [0.717, 1.165) is 12.3 Å². The molecule has 1 amide bonds. The highest BCUT2D eigenvalue weighted by Gasteiger charge is 2.27. The SMILES string of the molecule is O=C(N/N=C\c1cc(O)ccc1[N+](=O)[O-])[C@@H]1COc2ccccc2O1. The highest BCUT2D eigenvalue weighted by Crippen LogP contribution is 2.30. The van der Waals surface area contributed by atoms with Crippen LogP contribution in [0.5, 0.6) is 17.2 Å². The Labute approximate surface area is 141 Å². The van der Waals surface area contributed by atoms with Crippen LogP contribution in [0.2, 0.25) is 0 Å². The topological polar surface area (TPSA) is 123 Å². The molecule has 2 N–H and O–H groups in total. The number of nitro groups is 1. The molecule has 0 saturated heterocycles. The lowest BCUT2D eigenvalue weighted by Gasteiger charge is -2.24. The zero-order valence-corrected chi connectivity index (χ0v) is 12.8. The van der Waals surface area contributed by atoms with Crippen LogP contribution in [0, 0.1) is 10.1 Å². The van der Waals surface area contributed by atoms with E-state index >= 15 is 0 Å². The second-order valence-corrected chi connectivity index (χ2v) is 5.10. The molecule has 2 aromatic rings. The predicted molar refractivity (Wildman–Crippen MR) is 86.9 cm³/mol. The van der Waals surface area contributed by atoms with Crippen LogP contribution in [0.1, 0.15) is 5.56 Å². The largest absolute Gasteiger partial charge is 0.508 e. The summed E-state index contributed by atoms with van der Waals surface area (Å²) in [6, 6.07) is 10.4. The first-order chi connectivity index (χ1) is 12.0. The third-order valence-electron chi connectivity index (χ3n) is 3.39. The van der Waals surface area contributed by atoms with Gasteiger partial charge in [-0.3, -0.25) is 14.9 Å². The van der Waals surface area contributed by atoms with Gasteiger partial charge in [-0.15, -0.1) is 0 Å². The van der Waals surface area contributed by atoms with Crippen molar-refractivity contribution in [2.75, 3.05) is 6.61 Å². The molecule has 0 unspecified atom stereocenters. The molecule has 2 aromatic carbocycles. The van der Waals surface area contributed by atoms with Crippen LogP contribution in [-0.2, 0) is 4.79 Å². The fourth-order valence-electron chi connectivity index (χ4n) is 2.20. The van der Waals surface area contributed by atoms with Crippen LogP contribution >= 0.6 is 0 Å². The van der Waals surface area contributed by atoms with Gasteiger partial charge in [-0.1, -0.05) is 12.1 Å². The second-order valence-electron chi connectivity index (χ2n) is 5.10. The molecule has 0 aromatic heterocycles. The number of phenols is 1. The molecular formula is C16H13N3O6. The highest BCUT2D eigenvalue weighted by molar-refractivity contribution is 5.88. The summed E-state index contributed by atoms with van der Waals surface area (Å²) in [5, 5.41) is 24.0. The van der Waals surface area contributed by atoms with Crippen molar-refractivity contribution in [3.05, 3.63) is 58.1 Å². The van der Waals surface area contributed by atoms with Crippen molar-refractivity contribution >= 4 is 17.8 Å². The average molecular weight is 343 g/mol. The Morgan fingerprint density at radius 2 is 2.08 bits per heavy atom. The molecule has 0 radical (unpaired) electrons. The van der Waals surface area contributed by atoms with Gasteiger partial charge < -0.3 is 14.6 Å². The number of nitrogens with one attached hydrogen (secondary N) is 1. The molecule has 128 valence electrons. The first-order valence-corrected chi connectivity index (χ1v) is 7.23. The first kappa shape index (κ1) is 16.2. The average Bonchev–Trinajstić information content (AvgIpc) is 2.61. The van der Waals surface area contributed by atoms with Crippen molar-refractivity contribution in [1.82, 2.24) is 5.43 Å². The Kier molecular flexibility index (Phi) is 4.46. The van der Waals surface area contributed by atoms with E-state index < -0.39 is 16.9 Å². The quantitative estimate of drug-likeness (QED) is 0.494. The molecule has 9 nitrogen and oxygen atoms in total.